The summed E-state index contributed by atoms with van der Waals surface area (Å²) in [5.41, 5.74) is 5.10. The lowest BCUT2D eigenvalue weighted by atomic mass is 10.1. The van der Waals surface area contributed by atoms with Gasteiger partial charge in [0.2, 0.25) is 0 Å². The van der Waals surface area contributed by atoms with Crippen LogP contribution < -0.4 is 5.73 Å². The zero-order valence-electron chi connectivity index (χ0n) is 10.5. The van der Waals surface area contributed by atoms with Crippen LogP contribution in [-0.4, -0.2) is 42.1 Å². The maximum absolute atomic E-state index is 11.9. The molecule has 0 heterocycles. The Labute approximate surface area is 92.8 Å². The smallest absolute Gasteiger partial charge is 0.251 e. The van der Waals surface area contributed by atoms with Crippen LogP contribution in [-0.2, 0) is 9.53 Å². The fraction of sp³-hybridized carbons (Fsp3) is 0.909. The van der Waals surface area contributed by atoms with Crippen molar-refractivity contribution in [2.24, 2.45) is 5.73 Å². The molecule has 1 atom stereocenters. The van der Waals surface area contributed by atoms with Crippen molar-refractivity contribution in [3.63, 3.8) is 0 Å². The van der Waals surface area contributed by atoms with E-state index in [1.165, 1.54) is 0 Å². The van der Waals surface area contributed by atoms with Gasteiger partial charge in [-0.25, -0.2) is 0 Å². The summed E-state index contributed by atoms with van der Waals surface area (Å²) in [6.45, 7) is 11.3. The first-order valence-electron chi connectivity index (χ1n) is 5.54. The SMILES string of the molecule is CCN(CC)C(=O)C(C)OC(C)(C)CN. The molecule has 4 nitrogen and oxygen atoms in total. The summed E-state index contributed by atoms with van der Waals surface area (Å²) in [6, 6.07) is 0. The standard InChI is InChI=1S/C11H24N2O2/c1-6-13(7-2)10(14)9(3)15-11(4,5)8-12/h9H,6-8,12H2,1-5H3. The van der Waals surface area contributed by atoms with Crippen LogP contribution in [0.3, 0.4) is 0 Å². The minimum atomic E-state index is -0.442. The molecule has 90 valence electrons. The Morgan fingerprint density at radius 1 is 1.40 bits per heavy atom. The average molecular weight is 216 g/mol. The van der Waals surface area contributed by atoms with Crippen molar-refractivity contribution in [2.75, 3.05) is 19.6 Å². The Morgan fingerprint density at radius 3 is 2.20 bits per heavy atom. The van der Waals surface area contributed by atoms with E-state index in [2.05, 4.69) is 0 Å². The van der Waals surface area contributed by atoms with Gasteiger partial charge in [-0.3, -0.25) is 4.79 Å². The van der Waals surface area contributed by atoms with Gasteiger partial charge in [0.15, 0.2) is 0 Å². The van der Waals surface area contributed by atoms with Crippen molar-refractivity contribution in [3.05, 3.63) is 0 Å². The monoisotopic (exact) mass is 216 g/mol. The molecule has 0 aliphatic rings. The van der Waals surface area contributed by atoms with Crippen LogP contribution in [0.1, 0.15) is 34.6 Å². The zero-order chi connectivity index (χ0) is 12.1. The van der Waals surface area contributed by atoms with Crippen LogP contribution in [0.2, 0.25) is 0 Å². The lowest BCUT2D eigenvalue weighted by molar-refractivity contribution is -0.151. The molecule has 1 unspecified atom stereocenters. The molecule has 0 aromatic carbocycles. The number of hydrogen-bond donors (Lipinski definition) is 1. The normalized spacial score (nSPS) is 13.7. The summed E-state index contributed by atoms with van der Waals surface area (Å²) in [6.07, 6.45) is -0.427. The molecule has 0 spiro atoms. The molecule has 0 rings (SSSR count). The van der Waals surface area contributed by atoms with E-state index >= 15 is 0 Å². The Kier molecular flexibility index (Phi) is 5.83. The van der Waals surface area contributed by atoms with Crippen molar-refractivity contribution in [1.82, 2.24) is 4.90 Å². The molecular formula is C11H24N2O2. The number of rotatable bonds is 6. The fourth-order valence-electron chi connectivity index (χ4n) is 1.37. The summed E-state index contributed by atoms with van der Waals surface area (Å²) < 4.78 is 5.62. The quantitative estimate of drug-likeness (QED) is 0.720. The number of likely N-dealkylation sites (N-methyl/N-ethyl adjacent to an activating group) is 1. The van der Waals surface area contributed by atoms with Crippen molar-refractivity contribution in [1.29, 1.82) is 0 Å². The van der Waals surface area contributed by atoms with Crippen molar-refractivity contribution >= 4 is 5.91 Å². The van der Waals surface area contributed by atoms with Gasteiger partial charge in [-0.15, -0.1) is 0 Å². The van der Waals surface area contributed by atoms with Crippen LogP contribution in [0, 0.1) is 0 Å². The molecular weight excluding hydrogens is 192 g/mol. The van der Waals surface area contributed by atoms with Crippen molar-refractivity contribution < 1.29 is 9.53 Å². The van der Waals surface area contributed by atoms with E-state index in [0.717, 1.165) is 0 Å². The van der Waals surface area contributed by atoms with Gasteiger partial charge in [0.05, 0.1) is 5.60 Å². The second-order valence-electron chi connectivity index (χ2n) is 4.23. The predicted octanol–water partition coefficient (Wildman–Crippen LogP) is 0.997. The number of hydrogen-bond acceptors (Lipinski definition) is 3. The minimum Gasteiger partial charge on any atom is -0.361 e. The number of carbonyl (C=O) groups excluding carboxylic acids is 1. The van der Waals surface area contributed by atoms with Crippen LogP contribution >= 0.6 is 0 Å². The third kappa shape index (κ3) is 4.62. The van der Waals surface area contributed by atoms with Gasteiger partial charge < -0.3 is 15.4 Å². The molecule has 0 aliphatic heterocycles. The molecule has 0 aromatic heterocycles. The first-order valence-corrected chi connectivity index (χ1v) is 5.54. The van der Waals surface area contributed by atoms with Gasteiger partial charge in [0, 0.05) is 19.6 Å². The molecule has 0 radical (unpaired) electrons. The molecule has 15 heavy (non-hydrogen) atoms. The Hall–Kier alpha value is -0.610. The highest BCUT2D eigenvalue weighted by atomic mass is 16.5. The van der Waals surface area contributed by atoms with Gasteiger partial charge >= 0.3 is 0 Å². The fourth-order valence-corrected chi connectivity index (χ4v) is 1.37. The molecule has 0 bridgehead atoms. The Balaban J connectivity index is 4.32. The largest absolute Gasteiger partial charge is 0.361 e. The van der Waals surface area contributed by atoms with E-state index in [9.17, 15) is 4.79 Å². The third-order valence-corrected chi connectivity index (χ3v) is 2.41. The van der Waals surface area contributed by atoms with E-state index in [1.807, 2.05) is 27.7 Å². The highest BCUT2D eigenvalue weighted by Crippen LogP contribution is 2.12. The Bertz CT molecular complexity index is 201. The van der Waals surface area contributed by atoms with E-state index < -0.39 is 11.7 Å². The number of nitrogens with two attached hydrogens (primary N) is 1. The summed E-state index contributed by atoms with van der Waals surface area (Å²) in [4.78, 5) is 13.6. The first-order chi connectivity index (χ1) is 6.87. The first kappa shape index (κ1) is 14.4. The van der Waals surface area contributed by atoms with Crippen LogP contribution in [0.5, 0.6) is 0 Å². The van der Waals surface area contributed by atoms with Gasteiger partial charge in [0.25, 0.3) is 5.91 Å². The molecule has 2 N–H and O–H groups in total. The second-order valence-corrected chi connectivity index (χ2v) is 4.23. The van der Waals surface area contributed by atoms with Gasteiger partial charge in [-0.1, -0.05) is 0 Å². The molecule has 0 aromatic rings. The zero-order valence-corrected chi connectivity index (χ0v) is 10.5. The Morgan fingerprint density at radius 2 is 1.87 bits per heavy atom. The lowest BCUT2D eigenvalue weighted by Crippen LogP contribution is -2.45. The van der Waals surface area contributed by atoms with Gasteiger partial charge in [-0.05, 0) is 34.6 Å². The third-order valence-electron chi connectivity index (χ3n) is 2.41. The average Bonchev–Trinajstić information content (AvgIpc) is 2.19. The van der Waals surface area contributed by atoms with Crippen LogP contribution in [0.4, 0.5) is 0 Å². The highest BCUT2D eigenvalue weighted by Gasteiger charge is 2.26. The number of ether oxygens (including phenoxy) is 1. The maximum atomic E-state index is 11.9. The lowest BCUT2D eigenvalue weighted by Gasteiger charge is -2.30. The molecule has 1 amide bonds. The minimum absolute atomic E-state index is 0.0292. The molecule has 4 heteroatoms. The molecule has 0 saturated heterocycles. The summed E-state index contributed by atoms with van der Waals surface area (Å²) >= 11 is 0. The number of amides is 1. The van der Waals surface area contributed by atoms with E-state index in [1.54, 1.807) is 11.8 Å². The van der Waals surface area contributed by atoms with E-state index in [0.29, 0.717) is 19.6 Å². The predicted molar refractivity (Wildman–Crippen MR) is 61.6 cm³/mol. The van der Waals surface area contributed by atoms with Crippen molar-refractivity contribution in [3.8, 4) is 0 Å². The number of carbonyl (C=O) groups is 1. The summed E-state index contributed by atoms with van der Waals surface area (Å²) in [5, 5.41) is 0. The summed E-state index contributed by atoms with van der Waals surface area (Å²) in [5.74, 6) is 0.0292. The molecule has 0 saturated carbocycles. The van der Waals surface area contributed by atoms with E-state index in [-0.39, 0.29) is 5.91 Å². The van der Waals surface area contributed by atoms with Crippen LogP contribution in [0.25, 0.3) is 0 Å². The summed E-state index contributed by atoms with van der Waals surface area (Å²) in [7, 11) is 0. The number of nitrogens with zero attached hydrogens (tertiary/aromatic N) is 1. The molecule has 0 aliphatic carbocycles. The topological polar surface area (TPSA) is 55.6 Å². The second kappa shape index (κ2) is 6.08. The van der Waals surface area contributed by atoms with E-state index in [4.69, 9.17) is 10.5 Å². The van der Waals surface area contributed by atoms with Crippen molar-refractivity contribution in [2.45, 2.75) is 46.3 Å². The van der Waals surface area contributed by atoms with Gasteiger partial charge in [-0.2, -0.15) is 0 Å². The highest BCUT2D eigenvalue weighted by molar-refractivity contribution is 5.80. The molecule has 0 fully saturated rings. The van der Waals surface area contributed by atoms with Gasteiger partial charge in [0.1, 0.15) is 6.10 Å². The van der Waals surface area contributed by atoms with Crippen LogP contribution in [0.15, 0.2) is 0 Å². The maximum Gasteiger partial charge on any atom is 0.251 e.